The Morgan fingerprint density at radius 3 is 2.78 bits per heavy atom. The van der Waals surface area contributed by atoms with E-state index in [2.05, 4.69) is 26.2 Å². The number of nitrogens with zero attached hydrogens (tertiary/aromatic N) is 1. The van der Waals surface area contributed by atoms with Crippen LogP contribution in [0.15, 0.2) is 47.1 Å². The van der Waals surface area contributed by atoms with E-state index in [1.54, 1.807) is 37.4 Å². The summed E-state index contributed by atoms with van der Waals surface area (Å²) in [6.07, 6.45) is 0. The highest BCUT2D eigenvalue weighted by atomic mass is 79.9. The second kappa shape index (κ2) is 5.64. The Kier molecular flexibility index (Phi) is 3.94. The van der Waals surface area contributed by atoms with Gasteiger partial charge >= 0.3 is 0 Å². The van der Waals surface area contributed by atoms with Crippen molar-refractivity contribution in [2.24, 2.45) is 0 Å². The molecule has 2 rings (SSSR count). The molecule has 0 fully saturated rings. The Hall–Kier alpha value is -1.88. The topological polar surface area (TPSA) is 51.2 Å². The lowest BCUT2D eigenvalue weighted by Crippen LogP contribution is -2.13. The third-order valence-corrected chi connectivity index (χ3v) is 2.72. The standard InChI is InChI=1S/C13H11BrN2O2/c1-18-10-5-2-4-9(8-10)15-13(17)11-6-3-7-12(14)16-11/h2-8H,1H3,(H,15,17). The minimum absolute atomic E-state index is 0.260. The maximum Gasteiger partial charge on any atom is 0.274 e. The first-order chi connectivity index (χ1) is 8.69. The molecule has 1 N–H and O–H groups in total. The molecule has 0 aliphatic rings. The van der Waals surface area contributed by atoms with E-state index in [-0.39, 0.29) is 5.91 Å². The molecule has 0 atom stereocenters. The van der Waals surface area contributed by atoms with E-state index in [1.165, 1.54) is 0 Å². The van der Waals surface area contributed by atoms with Crippen LogP contribution in [-0.4, -0.2) is 18.0 Å². The van der Waals surface area contributed by atoms with E-state index in [0.717, 1.165) is 0 Å². The summed E-state index contributed by atoms with van der Waals surface area (Å²) in [5, 5.41) is 2.76. The summed E-state index contributed by atoms with van der Waals surface area (Å²) >= 11 is 3.23. The zero-order chi connectivity index (χ0) is 13.0. The first-order valence-corrected chi connectivity index (χ1v) is 6.06. The molecule has 0 radical (unpaired) electrons. The quantitative estimate of drug-likeness (QED) is 0.887. The van der Waals surface area contributed by atoms with Gasteiger partial charge in [0.15, 0.2) is 0 Å². The summed E-state index contributed by atoms with van der Waals surface area (Å²) in [6, 6.07) is 12.3. The number of methoxy groups -OCH3 is 1. The molecule has 0 spiro atoms. The minimum atomic E-state index is -0.260. The fourth-order valence-corrected chi connectivity index (χ4v) is 1.77. The Morgan fingerprint density at radius 1 is 1.28 bits per heavy atom. The molecule has 1 heterocycles. The number of benzene rings is 1. The fourth-order valence-electron chi connectivity index (χ4n) is 1.43. The average molecular weight is 307 g/mol. The van der Waals surface area contributed by atoms with Crippen LogP contribution < -0.4 is 10.1 Å². The molecular formula is C13H11BrN2O2. The number of halogens is 1. The molecule has 0 aliphatic heterocycles. The molecule has 1 aromatic heterocycles. The van der Waals surface area contributed by atoms with Gasteiger partial charge in [-0.15, -0.1) is 0 Å². The molecule has 1 aromatic carbocycles. The zero-order valence-electron chi connectivity index (χ0n) is 9.68. The van der Waals surface area contributed by atoms with Gasteiger partial charge < -0.3 is 10.1 Å². The molecule has 18 heavy (non-hydrogen) atoms. The molecular weight excluding hydrogens is 296 g/mol. The fraction of sp³-hybridized carbons (Fsp3) is 0.0769. The van der Waals surface area contributed by atoms with Gasteiger partial charge in [-0.1, -0.05) is 12.1 Å². The number of carbonyl (C=O) groups excluding carboxylic acids is 1. The van der Waals surface area contributed by atoms with Crippen LogP contribution in [0.4, 0.5) is 5.69 Å². The predicted molar refractivity (Wildman–Crippen MR) is 72.9 cm³/mol. The van der Waals surface area contributed by atoms with Crippen LogP contribution in [0, 0.1) is 0 Å². The van der Waals surface area contributed by atoms with Crippen molar-refractivity contribution in [2.75, 3.05) is 12.4 Å². The average Bonchev–Trinajstić information content (AvgIpc) is 2.39. The third-order valence-electron chi connectivity index (χ3n) is 2.28. The lowest BCUT2D eigenvalue weighted by molar-refractivity contribution is 0.102. The Bertz CT molecular complexity index is 572. The van der Waals surface area contributed by atoms with Gasteiger partial charge in [-0.3, -0.25) is 4.79 Å². The van der Waals surface area contributed by atoms with Crippen LogP contribution >= 0.6 is 15.9 Å². The van der Waals surface area contributed by atoms with Crippen molar-refractivity contribution < 1.29 is 9.53 Å². The lowest BCUT2D eigenvalue weighted by Gasteiger charge is -2.06. The summed E-state index contributed by atoms with van der Waals surface area (Å²) in [6.45, 7) is 0. The van der Waals surface area contributed by atoms with Crippen molar-refractivity contribution >= 4 is 27.5 Å². The molecule has 92 valence electrons. The van der Waals surface area contributed by atoms with Gasteiger partial charge in [0.2, 0.25) is 0 Å². The van der Waals surface area contributed by atoms with Crippen LogP contribution in [0.25, 0.3) is 0 Å². The SMILES string of the molecule is COc1cccc(NC(=O)c2cccc(Br)n2)c1. The first kappa shape index (κ1) is 12.6. The number of rotatable bonds is 3. The number of amides is 1. The predicted octanol–water partition coefficient (Wildman–Crippen LogP) is 3.11. The Balaban J connectivity index is 2.16. The smallest absolute Gasteiger partial charge is 0.274 e. The molecule has 0 unspecified atom stereocenters. The maximum atomic E-state index is 11.9. The monoisotopic (exact) mass is 306 g/mol. The number of carbonyl (C=O) groups is 1. The highest BCUT2D eigenvalue weighted by Gasteiger charge is 2.08. The Labute approximate surface area is 113 Å². The van der Waals surface area contributed by atoms with E-state index in [4.69, 9.17) is 4.74 Å². The summed E-state index contributed by atoms with van der Waals surface area (Å²) in [5.74, 6) is 0.430. The molecule has 4 nitrogen and oxygen atoms in total. The number of hydrogen-bond donors (Lipinski definition) is 1. The van der Waals surface area contributed by atoms with E-state index in [1.807, 2.05) is 12.1 Å². The van der Waals surface area contributed by atoms with Crippen LogP contribution in [0.2, 0.25) is 0 Å². The van der Waals surface area contributed by atoms with Gasteiger partial charge in [0.1, 0.15) is 16.0 Å². The molecule has 0 saturated carbocycles. The lowest BCUT2D eigenvalue weighted by atomic mass is 10.3. The van der Waals surface area contributed by atoms with Gasteiger partial charge in [-0.2, -0.15) is 0 Å². The largest absolute Gasteiger partial charge is 0.497 e. The second-order valence-corrected chi connectivity index (χ2v) is 4.34. The maximum absolute atomic E-state index is 11.9. The van der Waals surface area contributed by atoms with E-state index >= 15 is 0 Å². The van der Waals surface area contributed by atoms with Gasteiger partial charge in [0, 0.05) is 11.8 Å². The highest BCUT2D eigenvalue weighted by Crippen LogP contribution is 2.17. The number of ether oxygens (including phenoxy) is 1. The number of anilines is 1. The summed E-state index contributed by atoms with van der Waals surface area (Å²) < 4.78 is 5.71. The third kappa shape index (κ3) is 3.07. The van der Waals surface area contributed by atoms with Gasteiger partial charge in [0.25, 0.3) is 5.91 Å². The molecule has 0 aliphatic carbocycles. The summed E-state index contributed by atoms with van der Waals surface area (Å²) in [5.41, 5.74) is 1.02. The summed E-state index contributed by atoms with van der Waals surface area (Å²) in [4.78, 5) is 16.0. The molecule has 2 aromatic rings. The normalized spacial score (nSPS) is 9.89. The van der Waals surface area contributed by atoms with E-state index in [9.17, 15) is 4.79 Å². The number of hydrogen-bond acceptors (Lipinski definition) is 3. The molecule has 1 amide bonds. The molecule has 5 heteroatoms. The van der Waals surface area contributed by atoms with Crippen molar-refractivity contribution in [3.05, 3.63) is 52.8 Å². The van der Waals surface area contributed by atoms with Crippen LogP contribution in [0.5, 0.6) is 5.75 Å². The van der Waals surface area contributed by atoms with Gasteiger partial charge in [-0.25, -0.2) is 4.98 Å². The van der Waals surface area contributed by atoms with Gasteiger partial charge in [0.05, 0.1) is 7.11 Å². The highest BCUT2D eigenvalue weighted by molar-refractivity contribution is 9.10. The van der Waals surface area contributed by atoms with Crippen LogP contribution in [0.3, 0.4) is 0 Å². The van der Waals surface area contributed by atoms with Crippen molar-refractivity contribution in [1.29, 1.82) is 0 Å². The van der Waals surface area contributed by atoms with Crippen molar-refractivity contribution in [3.63, 3.8) is 0 Å². The van der Waals surface area contributed by atoms with Crippen molar-refractivity contribution in [2.45, 2.75) is 0 Å². The second-order valence-electron chi connectivity index (χ2n) is 3.53. The van der Waals surface area contributed by atoms with E-state index in [0.29, 0.717) is 21.7 Å². The Morgan fingerprint density at radius 2 is 2.06 bits per heavy atom. The van der Waals surface area contributed by atoms with Crippen LogP contribution in [0.1, 0.15) is 10.5 Å². The minimum Gasteiger partial charge on any atom is -0.497 e. The number of nitrogens with one attached hydrogen (secondary N) is 1. The molecule has 0 saturated heterocycles. The number of pyridine rings is 1. The first-order valence-electron chi connectivity index (χ1n) is 5.27. The van der Waals surface area contributed by atoms with Gasteiger partial charge in [-0.05, 0) is 40.2 Å². The summed E-state index contributed by atoms with van der Waals surface area (Å²) in [7, 11) is 1.58. The number of aromatic nitrogens is 1. The van der Waals surface area contributed by atoms with E-state index < -0.39 is 0 Å². The molecule has 0 bridgehead atoms. The van der Waals surface area contributed by atoms with Crippen molar-refractivity contribution in [1.82, 2.24) is 4.98 Å². The zero-order valence-corrected chi connectivity index (χ0v) is 11.3. The van der Waals surface area contributed by atoms with Crippen LogP contribution in [-0.2, 0) is 0 Å². The van der Waals surface area contributed by atoms with Crippen molar-refractivity contribution in [3.8, 4) is 5.75 Å².